The van der Waals surface area contributed by atoms with Gasteiger partial charge in [0.05, 0.1) is 11.6 Å². The predicted octanol–water partition coefficient (Wildman–Crippen LogP) is 2.79. The van der Waals surface area contributed by atoms with Crippen LogP contribution >= 0.6 is 11.8 Å². The van der Waals surface area contributed by atoms with Crippen LogP contribution in [0.15, 0.2) is 21.9 Å². The van der Waals surface area contributed by atoms with Gasteiger partial charge in [-0.25, -0.2) is 14.2 Å². The Morgan fingerprint density at radius 3 is 2.38 bits per heavy atom. The van der Waals surface area contributed by atoms with Crippen molar-refractivity contribution in [3.63, 3.8) is 0 Å². The van der Waals surface area contributed by atoms with Crippen molar-refractivity contribution in [2.75, 3.05) is 24.7 Å². The standard InChI is InChI=1S/C24H31FN4O4S/c25-16-13-20-21(26-14-16)28(19-7-11-34-12-8-19)24(32)29(23(20)31)18-3-1-17(2-4-18)27-22(30)15-5-9-33-10-6-15/h13-15,17-19H,1-12H2,(H,27,30)/t17-,18+. The van der Waals surface area contributed by atoms with Crippen LogP contribution in [-0.2, 0) is 9.53 Å². The fourth-order valence-electron chi connectivity index (χ4n) is 5.56. The second-order valence-corrected chi connectivity index (χ2v) is 10.8. The van der Waals surface area contributed by atoms with Gasteiger partial charge >= 0.3 is 5.69 Å². The molecule has 10 heteroatoms. The van der Waals surface area contributed by atoms with Gasteiger partial charge < -0.3 is 10.1 Å². The summed E-state index contributed by atoms with van der Waals surface area (Å²) >= 11 is 1.85. The Hall–Kier alpha value is -2.20. The van der Waals surface area contributed by atoms with Crippen molar-refractivity contribution in [1.29, 1.82) is 0 Å². The summed E-state index contributed by atoms with van der Waals surface area (Å²) in [6.45, 7) is 1.24. The predicted molar refractivity (Wildman–Crippen MR) is 129 cm³/mol. The number of aromatic nitrogens is 3. The van der Waals surface area contributed by atoms with Crippen LogP contribution in [0.25, 0.3) is 11.0 Å². The molecule has 0 atom stereocenters. The van der Waals surface area contributed by atoms with E-state index in [9.17, 15) is 18.8 Å². The van der Waals surface area contributed by atoms with Crippen LogP contribution in [-0.4, -0.2) is 50.8 Å². The summed E-state index contributed by atoms with van der Waals surface area (Å²) in [7, 11) is 0. The summed E-state index contributed by atoms with van der Waals surface area (Å²) in [6, 6.07) is 0.928. The molecule has 0 aromatic carbocycles. The lowest BCUT2D eigenvalue weighted by molar-refractivity contribution is -0.128. The summed E-state index contributed by atoms with van der Waals surface area (Å²) < 4.78 is 22.4. The number of halogens is 1. The minimum atomic E-state index is -0.583. The van der Waals surface area contributed by atoms with Gasteiger partial charge in [0.2, 0.25) is 5.91 Å². The highest BCUT2D eigenvalue weighted by molar-refractivity contribution is 7.99. The number of hydrogen-bond acceptors (Lipinski definition) is 6. The van der Waals surface area contributed by atoms with Crippen molar-refractivity contribution in [1.82, 2.24) is 19.4 Å². The first-order chi connectivity index (χ1) is 16.5. The quantitative estimate of drug-likeness (QED) is 0.708. The Balaban J connectivity index is 1.40. The molecule has 2 aliphatic heterocycles. The summed E-state index contributed by atoms with van der Waals surface area (Å²) in [5, 5.41) is 3.32. The largest absolute Gasteiger partial charge is 0.381 e. The minimum Gasteiger partial charge on any atom is -0.381 e. The van der Waals surface area contributed by atoms with Crippen molar-refractivity contribution in [2.45, 2.75) is 69.5 Å². The number of carbonyl (C=O) groups is 1. The Morgan fingerprint density at radius 2 is 1.68 bits per heavy atom. The van der Waals surface area contributed by atoms with E-state index in [1.807, 2.05) is 11.8 Å². The maximum Gasteiger partial charge on any atom is 0.333 e. The number of nitrogens with one attached hydrogen (secondary N) is 1. The van der Waals surface area contributed by atoms with Crippen LogP contribution in [0, 0.1) is 11.7 Å². The molecule has 5 rings (SSSR count). The molecule has 1 N–H and O–H groups in total. The second kappa shape index (κ2) is 10.2. The molecule has 4 heterocycles. The number of fused-ring (bicyclic) bond motifs is 1. The van der Waals surface area contributed by atoms with Crippen LogP contribution in [0.1, 0.15) is 63.5 Å². The number of thioether (sulfide) groups is 1. The van der Waals surface area contributed by atoms with E-state index in [0.29, 0.717) is 38.9 Å². The maximum absolute atomic E-state index is 14.0. The van der Waals surface area contributed by atoms with Gasteiger partial charge in [0.25, 0.3) is 5.56 Å². The topological polar surface area (TPSA) is 95.2 Å². The van der Waals surface area contributed by atoms with E-state index in [4.69, 9.17) is 4.74 Å². The summed E-state index contributed by atoms with van der Waals surface area (Å²) in [5.41, 5.74) is -0.534. The molecule has 1 amide bonds. The van der Waals surface area contributed by atoms with Gasteiger partial charge in [0.1, 0.15) is 11.5 Å². The SMILES string of the molecule is O=C(N[C@H]1CC[C@@H](n2c(=O)c3cc(F)cnc3n(C3CCSCC3)c2=O)CC1)C1CCOCC1. The highest BCUT2D eigenvalue weighted by atomic mass is 32.2. The van der Waals surface area contributed by atoms with Gasteiger partial charge in [-0.1, -0.05) is 0 Å². The van der Waals surface area contributed by atoms with Crippen LogP contribution in [0.3, 0.4) is 0 Å². The lowest BCUT2D eigenvalue weighted by Crippen LogP contribution is -2.47. The number of amides is 1. The van der Waals surface area contributed by atoms with E-state index in [-0.39, 0.29) is 46.7 Å². The molecule has 2 aromatic rings. The molecule has 1 aliphatic carbocycles. The minimum absolute atomic E-state index is 0.00200. The zero-order valence-electron chi connectivity index (χ0n) is 19.2. The van der Waals surface area contributed by atoms with Crippen LogP contribution in [0.2, 0.25) is 0 Å². The summed E-state index contributed by atoms with van der Waals surface area (Å²) in [4.78, 5) is 43.8. The molecule has 2 saturated heterocycles. The summed E-state index contributed by atoms with van der Waals surface area (Å²) in [6.07, 6.45) is 6.84. The van der Waals surface area contributed by atoms with E-state index in [1.165, 1.54) is 10.6 Å². The number of carbonyl (C=O) groups excluding carboxylic acids is 1. The van der Waals surface area contributed by atoms with Crippen molar-refractivity contribution in [2.24, 2.45) is 5.92 Å². The molecular weight excluding hydrogens is 459 g/mol. The highest BCUT2D eigenvalue weighted by Gasteiger charge is 2.31. The zero-order valence-corrected chi connectivity index (χ0v) is 20.0. The molecular formula is C24H31FN4O4S. The third-order valence-corrected chi connectivity index (χ3v) is 8.53. The molecule has 2 aromatic heterocycles. The van der Waals surface area contributed by atoms with Crippen LogP contribution in [0.4, 0.5) is 4.39 Å². The Kier molecular flexibility index (Phi) is 7.06. The lowest BCUT2D eigenvalue weighted by Gasteiger charge is -2.32. The van der Waals surface area contributed by atoms with E-state index in [2.05, 4.69) is 10.3 Å². The van der Waals surface area contributed by atoms with Gasteiger partial charge in [-0.15, -0.1) is 0 Å². The highest BCUT2D eigenvalue weighted by Crippen LogP contribution is 2.30. The number of pyridine rings is 1. The summed E-state index contributed by atoms with van der Waals surface area (Å²) in [5.74, 6) is 1.37. The molecule has 1 saturated carbocycles. The Labute approximate surface area is 201 Å². The van der Waals surface area contributed by atoms with Gasteiger partial charge in [-0.2, -0.15) is 11.8 Å². The average Bonchev–Trinajstić information content (AvgIpc) is 2.87. The van der Waals surface area contributed by atoms with E-state index in [1.54, 1.807) is 4.57 Å². The van der Waals surface area contributed by atoms with Gasteiger partial charge in [-0.3, -0.25) is 18.7 Å². The number of hydrogen-bond donors (Lipinski definition) is 1. The normalized spacial score (nSPS) is 24.9. The molecule has 8 nitrogen and oxygen atoms in total. The molecule has 34 heavy (non-hydrogen) atoms. The molecule has 0 spiro atoms. The molecule has 3 fully saturated rings. The van der Waals surface area contributed by atoms with Crippen molar-refractivity contribution < 1.29 is 13.9 Å². The fourth-order valence-corrected chi connectivity index (χ4v) is 6.64. The molecule has 3 aliphatic rings. The smallest absolute Gasteiger partial charge is 0.333 e. The second-order valence-electron chi connectivity index (χ2n) is 9.60. The van der Waals surface area contributed by atoms with E-state index in [0.717, 1.165) is 43.4 Å². The Morgan fingerprint density at radius 1 is 1.00 bits per heavy atom. The number of rotatable bonds is 4. The molecule has 0 bridgehead atoms. The van der Waals surface area contributed by atoms with Crippen LogP contribution < -0.4 is 16.6 Å². The zero-order chi connectivity index (χ0) is 23.7. The average molecular weight is 491 g/mol. The third-order valence-electron chi connectivity index (χ3n) is 7.48. The molecule has 0 radical (unpaired) electrons. The van der Waals surface area contributed by atoms with Crippen molar-refractivity contribution in [3.05, 3.63) is 38.9 Å². The first-order valence-corrected chi connectivity index (χ1v) is 13.5. The molecule has 0 unspecified atom stereocenters. The monoisotopic (exact) mass is 490 g/mol. The first-order valence-electron chi connectivity index (χ1n) is 12.3. The first kappa shape index (κ1) is 23.5. The Bertz CT molecular complexity index is 1160. The van der Waals surface area contributed by atoms with Crippen molar-refractivity contribution in [3.8, 4) is 0 Å². The van der Waals surface area contributed by atoms with E-state index >= 15 is 0 Å². The van der Waals surface area contributed by atoms with Gasteiger partial charge in [0, 0.05) is 37.3 Å². The number of nitrogens with zero attached hydrogens (tertiary/aromatic N) is 3. The lowest BCUT2D eigenvalue weighted by atomic mass is 9.90. The third kappa shape index (κ3) is 4.66. The van der Waals surface area contributed by atoms with Gasteiger partial charge in [0.15, 0.2) is 0 Å². The van der Waals surface area contributed by atoms with Gasteiger partial charge in [-0.05, 0) is 68.9 Å². The molecule has 184 valence electrons. The van der Waals surface area contributed by atoms with Crippen LogP contribution in [0.5, 0.6) is 0 Å². The maximum atomic E-state index is 14.0. The van der Waals surface area contributed by atoms with E-state index < -0.39 is 11.4 Å². The van der Waals surface area contributed by atoms with Crippen molar-refractivity contribution >= 4 is 28.7 Å². The fraction of sp³-hybridized carbons (Fsp3) is 0.667. The number of ether oxygens (including phenoxy) is 1.